The van der Waals surface area contributed by atoms with Gasteiger partial charge >= 0.3 is 0 Å². The highest BCUT2D eigenvalue weighted by Gasteiger charge is 2.17. The first-order valence-corrected chi connectivity index (χ1v) is 4.30. The lowest BCUT2D eigenvalue weighted by Crippen LogP contribution is -2.14. The molecule has 0 spiro atoms. The number of anilines is 1. The predicted octanol–water partition coefficient (Wildman–Crippen LogP) is 2.38. The Morgan fingerprint density at radius 2 is 1.92 bits per heavy atom. The number of nitrogens with two attached hydrogens (primary N) is 1. The van der Waals surface area contributed by atoms with Crippen LogP contribution < -0.4 is 5.73 Å². The summed E-state index contributed by atoms with van der Waals surface area (Å²) in [5.74, 6) is 0. The van der Waals surface area contributed by atoms with Crippen LogP contribution >= 0.6 is 0 Å². The molecule has 0 heterocycles. The minimum absolute atomic E-state index is 0.00998. The van der Waals surface area contributed by atoms with E-state index in [2.05, 4.69) is 20.8 Å². The van der Waals surface area contributed by atoms with Crippen LogP contribution in [0.4, 0.5) is 5.69 Å². The highest BCUT2D eigenvalue weighted by Crippen LogP contribution is 2.26. The van der Waals surface area contributed by atoms with E-state index in [4.69, 9.17) is 5.73 Å². The molecule has 0 aromatic heterocycles. The maximum atomic E-state index is 10.8. The minimum Gasteiger partial charge on any atom is -0.399 e. The molecule has 70 valence electrons. The first-order valence-electron chi connectivity index (χ1n) is 4.30. The molecular weight excluding hydrogens is 162 g/mol. The fraction of sp³-hybridized carbons (Fsp3) is 0.364. The van der Waals surface area contributed by atoms with Crippen LogP contribution in [0.15, 0.2) is 18.2 Å². The van der Waals surface area contributed by atoms with Crippen LogP contribution in [-0.4, -0.2) is 6.29 Å². The molecule has 0 radical (unpaired) electrons. The number of aldehydes is 1. The number of rotatable bonds is 1. The molecule has 0 fully saturated rings. The Morgan fingerprint density at radius 1 is 1.31 bits per heavy atom. The van der Waals surface area contributed by atoms with E-state index >= 15 is 0 Å². The topological polar surface area (TPSA) is 43.1 Å². The number of carbonyl (C=O) groups is 1. The zero-order valence-electron chi connectivity index (χ0n) is 8.29. The van der Waals surface area contributed by atoms with Gasteiger partial charge in [0, 0.05) is 11.3 Å². The molecule has 0 aliphatic heterocycles. The second-order valence-electron chi connectivity index (χ2n) is 4.21. The van der Waals surface area contributed by atoms with Gasteiger partial charge in [-0.2, -0.15) is 0 Å². The summed E-state index contributed by atoms with van der Waals surface area (Å²) < 4.78 is 0. The van der Waals surface area contributed by atoms with Crippen LogP contribution in [0.5, 0.6) is 0 Å². The van der Waals surface area contributed by atoms with Gasteiger partial charge in [0.05, 0.1) is 0 Å². The molecule has 0 atom stereocenters. The van der Waals surface area contributed by atoms with Crippen LogP contribution in [0.3, 0.4) is 0 Å². The molecule has 2 heteroatoms. The summed E-state index contributed by atoms with van der Waals surface area (Å²) in [6.45, 7) is 6.22. The normalized spacial score (nSPS) is 11.3. The standard InChI is InChI=1S/C11H15NO/c1-11(2,3)10-5-4-9(12)6-8(10)7-13/h4-7H,12H2,1-3H3. The van der Waals surface area contributed by atoms with E-state index in [1.165, 1.54) is 0 Å². The molecular formula is C11H15NO. The van der Waals surface area contributed by atoms with Gasteiger partial charge in [0.25, 0.3) is 0 Å². The summed E-state index contributed by atoms with van der Waals surface area (Å²) in [7, 11) is 0. The molecule has 0 amide bonds. The van der Waals surface area contributed by atoms with Crippen molar-refractivity contribution >= 4 is 12.0 Å². The van der Waals surface area contributed by atoms with Gasteiger partial charge < -0.3 is 5.73 Å². The van der Waals surface area contributed by atoms with Crippen molar-refractivity contribution in [2.75, 3.05) is 5.73 Å². The average Bonchev–Trinajstić information content (AvgIpc) is 2.01. The molecule has 0 unspecified atom stereocenters. The van der Waals surface area contributed by atoms with Crippen molar-refractivity contribution in [3.8, 4) is 0 Å². The van der Waals surface area contributed by atoms with Gasteiger partial charge in [0.2, 0.25) is 0 Å². The van der Waals surface area contributed by atoms with Gasteiger partial charge in [0.15, 0.2) is 0 Å². The molecule has 0 aliphatic carbocycles. The zero-order valence-corrected chi connectivity index (χ0v) is 8.29. The highest BCUT2D eigenvalue weighted by atomic mass is 16.1. The van der Waals surface area contributed by atoms with E-state index in [1.807, 2.05) is 12.1 Å². The second-order valence-corrected chi connectivity index (χ2v) is 4.21. The average molecular weight is 177 g/mol. The van der Waals surface area contributed by atoms with Crippen molar-refractivity contribution in [3.05, 3.63) is 29.3 Å². The maximum Gasteiger partial charge on any atom is 0.150 e. The Labute approximate surface area is 78.8 Å². The summed E-state index contributed by atoms with van der Waals surface area (Å²) in [5, 5.41) is 0. The van der Waals surface area contributed by atoms with Crippen molar-refractivity contribution in [1.82, 2.24) is 0 Å². The van der Waals surface area contributed by atoms with Gasteiger partial charge in [0.1, 0.15) is 6.29 Å². The Bertz CT molecular complexity index is 323. The van der Waals surface area contributed by atoms with Crippen LogP contribution in [0.2, 0.25) is 0 Å². The molecule has 1 rings (SSSR count). The van der Waals surface area contributed by atoms with E-state index in [-0.39, 0.29) is 5.41 Å². The Balaban J connectivity index is 3.29. The summed E-state index contributed by atoms with van der Waals surface area (Å²) in [6.07, 6.45) is 0.858. The third-order valence-electron chi connectivity index (χ3n) is 2.01. The van der Waals surface area contributed by atoms with Gasteiger partial charge in [-0.05, 0) is 23.1 Å². The molecule has 0 saturated heterocycles. The molecule has 1 aromatic rings. The van der Waals surface area contributed by atoms with Crippen LogP contribution in [0.25, 0.3) is 0 Å². The maximum absolute atomic E-state index is 10.8. The van der Waals surface area contributed by atoms with Crippen molar-refractivity contribution in [1.29, 1.82) is 0 Å². The van der Waals surface area contributed by atoms with Crippen molar-refractivity contribution in [3.63, 3.8) is 0 Å². The predicted molar refractivity (Wildman–Crippen MR) is 54.9 cm³/mol. The molecule has 2 N–H and O–H groups in total. The van der Waals surface area contributed by atoms with Crippen molar-refractivity contribution in [2.45, 2.75) is 26.2 Å². The lowest BCUT2D eigenvalue weighted by atomic mass is 9.84. The number of hydrogen-bond acceptors (Lipinski definition) is 2. The first-order chi connectivity index (χ1) is 5.95. The quantitative estimate of drug-likeness (QED) is 0.528. The minimum atomic E-state index is -0.00998. The Hall–Kier alpha value is -1.31. The third kappa shape index (κ3) is 2.08. The van der Waals surface area contributed by atoms with Crippen LogP contribution in [0.1, 0.15) is 36.7 Å². The van der Waals surface area contributed by atoms with Gasteiger partial charge in [-0.15, -0.1) is 0 Å². The number of nitrogen functional groups attached to an aromatic ring is 1. The molecule has 0 bridgehead atoms. The molecule has 0 saturated carbocycles. The SMILES string of the molecule is CC(C)(C)c1ccc(N)cc1C=O. The molecule has 2 nitrogen and oxygen atoms in total. The summed E-state index contributed by atoms with van der Waals surface area (Å²) in [4.78, 5) is 10.8. The van der Waals surface area contributed by atoms with Crippen LogP contribution in [0, 0.1) is 0 Å². The van der Waals surface area contributed by atoms with Gasteiger partial charge in [-0.1, -0.05) is 26.8 Å². The van der Waals surface area contributed by atoms with Gasteiger partial charge in [-0.25, -0.2) is 0 Å². The van der Waals surface area contributed by atoms with E-state index in [9.17, 15) is 4.79 Å². The molecule has 0 aliphatic rings. The molecule has 1 aromatic carbocycles. The number of benzene rings is 1. The highest BCUT2D eigenvalue weighted by molar-refractivity contribution is 5.79. The largest absolute Gasteiger partial charge is 0.399 e. The fourth-order valence-electron chi connectivity index (χ4n) is 1.36. The fourth-order valence-corrected chi connectivity index (χ4v) is 1.36. The summed E-state index contributed by atoms with van der Waals surface area (Å²) in [6, 6.07) is 5.46. The summed E-state index contributed by atoms with van der Waals surface area (Å²) >= 11 is 0. The lowest BCUT2D eigenvalue weighted by Gasteiger charge is -2.21. The summed E-state index contributed by atoms with van der Waals surface area (Å²) in [5.41, 5.74) is 7.94. The number of hydrogen-bond donors (Lipinski definition) is 1. The monoisotopic (exact) mass is 177 g/mol. The molecule has 13 heavy (non-hydrogen) atoms. The third-order valence-corrected chi connectivity index (χ3v) is 2.01. The zero-order chi connectivity index (χ0) is 10.1. The van der Waals surface area contributed by atoms with E-state index in [0.717, 1.165) is 11.8 Å². The van der Waals surface area contributed by atoms with E-state index in [0.29, 0.717) is 11.3 Å². The lowest BCUT2D eigenvalue weighted by molar-refractivity contribution is 0.112. The van der Waals surface area contributed by atoms with Gasteiger partial charge in [-0.3, -0.25) is 4.79 Å². The van der Waals surface area contributed by atoms with Crippen LogP contribution in [-0.2, 0) is 5.41 Å². The number of carbonyl (C=O) groups excluding carboxylic acids is 1. The smallest absolute Gasteiger partial charge is 0.150 e. The van der Waals surface area contributed by atoms with E-state index in [1.54, 1.807) is 6.07 Å². The first kappa shape index (κ1) is 9.78. The Morgan fingerprint density at radius 3 is 2.38 bits per heavy atom. The second kappa shape index (κ2) is 3.21. The van der Waals surface area contributed by atoms with Crippen molar-refractivity contribution in [2.24, 2.45) is 0 Å². The Kier molecular flexibility index (Phi) is 2.41. The van der Waals surface area contributed by atoms with E-state index < -0.39 is 0 Å². The van der Waals surface area contributed by atoms with Crippen molar-refractivity contribution < 1.29 is 4.79 Å².